The lowest BCUT2D eigenvalue weighted by atomic mass is 9.85. The summed E-state index contributed by atoms with van der Waals surface area (Å²) in [6.45, 7) is 6.69. The fourth-order valence-corrected chi connectivity index (χ4v) is 4.31. The number of esters is 1. The predicted molar refractivity (Wildman–Crippen MR) is 144 cm³/mol. The highest BCUT2D eigenvalue weighted by Gasteiger charge is 2.22. The maximum Gasteiger partial charge on any atom is 0.338 e. The van der Waals surface area contributed by atoms with E-state index in [4.69, 9.17) is 4.74 Å². The molecule has 0 radical (unpaired) electrons. The van der Waals surface area contributed by atoms with Gasteiger partial charge in [-0.3, -0.25) is 4.79 Å². The molecule has 0 aliphatic heterocycles. The van der Waals surface area contributed by atoms with Gasteiger partial charge in [0, 0.05) is 11.5 Å². The van der Waals surface area contributed by atoms with Gasteiger partial charge in [0.25, 0.3) is 0 Å². The zero-order valence-corrected chi connectivity index (χ0v) is 21.4. The summed E-state index contributed by atoms with van der Waals surface area (Å²) in [5, 5.41) is 0. The van der Waals surface area contributed by atoms with Crippen LogP contribution in [0.5, 0.6) is 0 Å². The van der Waals surface area contributed by atoms with Crippen LogP contribution >= 0.6 is 0 Å². The Morgan fingerprint density at radius 1 is 0.771 bits per heavy atom. The van der Waals surface area contributed by atoms with Gasteiger partial charge in [0.1, 0.15) is 0 Å². The van der Waals surface area contributed by atoms with Crippen LogP contribution in [0.25, 0.3) is 11.1 Å². The molecule has 0 heterocycles. The first-order chi connectivity index (χ1) is 17.0. The molecule has 3 rings (SSSR count). The van der Waals surface area contributed by atoms with Crippen molar-refractivity contribution >= 4 is 11.8 Å². The van der Waals surface area contributed by atoms with Crippen molar-refractivity contribution in [3.8, 4) is 11.1 Å². The van der Waals surface area contributed by atoms with Gasteiger partial charge in [-0.25, -0.2) is 4.79 Å². The van der Waals surface area contributed by atoms with Gasteiger partial charge in [-0.05, 0) is 53.6 Å². The maximum atomic E-state index is 13.5. The van der Waals surface area contributed by atoms with Crippen LogP contribution in [0.3, 0.4) is 0 Å². The molecular weight excluding hydrogens is 432 g/mol. The molecule has 0 amide bonds. The van der Waals surface area contributed by atoms with Crippen LogP contribution in [-0.2, 0) is 11.2 Å². The molecule has 3 aromatic carbocycles. The minimum Gasteiger partial charge on any atom is -0.462 e. The number of hydrogen-bond acceptors (Lipinski definition) is 3. The number of carbonyl (C=O) groups is 2. The van der Waals surface area contributed by atoms with Gasteiger partial charge in [-0.1, -0.05) is 107 Å². The van der Waals surface area contributed by atoms with Crippen molar-refractivity contribution in [3.05, 3.63) is 95.1 Å². The van der Waals surface area contributed by atoms with Crippen molar-refractivity contribution < 1.29 is 14.3 Å². The van der Waals surface area contributed by atoms with E-state index in [1.807, 2.05) is 61.5 Å². The van der Waals surface area contributed by atoms with Crippen LogP contribution in [0.2, 0.25) is 0 Å². The van der Waals surface area contributed by atoms with Gasteiger partial charge in [0.2, 0.25) is 0 Å². The van der Waals surface area contributed by atoms with Crippen LogP contribution in [0.1, 0.15) is 97.1 Å². The Hall–Kier alpha value is -3.20. The molecule has 0 saturated carbocycles. The highest BCUT2D eigenvalue weighted by molar-refractivity contribution is 6.02. The monoisotopic (exact) mass is 470 g/mol. The normalized spacial score (nSPS) is 11.7. The molecule has 35 heavy (non-hydrogen) atoms. The van der Waals surface area contributed by atoms with Crippen molar-refractivity contribution in [2.75, 3.05) is 6.61 Å². The van der Waals surface area contributed by atoms with Gasteiger partial charge >= 0.3 is 5.97 Å². The molecule has 3 nitrogen and oxygen atoms in total. The Labute approximate surface area is 210 Å². The average molecular weight is 471 g/mol. The van der Waals surface area contributed by atoms with Crippen molar-refractivity contribution in [3.63, 3.8) is 0 Å². The zero-order valence-electron chi connectivity index (χ0n) is 21.4. The number of unbranched alkanes of at least 4 members (excludes halogenated alkanes) is 4. The predicted octanol–water partition coefficient (Wildman–Crippen LogP) is 8.42. The Morgan fingerprint density at radius 3 is 2.14 bits per heavy atom. The highest BCUT2D eigenvalue weighted by atomic mass is 16.5. The van der Waals surface area contributed by atoms with E-state index >= 15 is 0 Å². The van der Waals surface area contributed by atoms with E-state index in [1.54, 1.807) is 6.07 Å². The molecule has 0 aliphatic rings. The lowest BCUT2D eigenvalue weighted by Crippen LogP contribution is -2.13. The zero-order chi connectivity index (χ0) is 25.0. The molecule has 0 aliphatic carbocycles. The molecule has 1 unspecified atom stereocenters. The summed E-state index contributed by atoms with van der Waals surface area (Å²) in [5.74, 6) is -0.680. The fourth-order valence-electron chi connectivity index (χ4n) is 4.31. The molecule has 0 spiro atoms. The first-order valence-electron chi connectivity index (χ1n) is 13.0. The minimum atomic E-state index is -0.399. The smallest absolute Gasteiger partial charge is 0.338 e. The second kappa shape index (κ2) is 13.6. The quantitative estimate of drug-likeness (QED) is 0.143. The van der Waals surface area contributed by atoms with Gasteiger partial charge in [0.05, 0.1) is 12.2 Å². The van der Waals surface area contributed by atoms with Crippen molar-refractivity contribution in [1.29, 1.82) is 0 Å². The van der Waals surface area contributed by atoms with Gasteiger partial charge in [0.15, 0.2) is 5.78 Å². The largest absolute Gasteiger partial charge is 0.462 e. The third-order valence-electron chi connectivity index (χ3n) is 6.52. The Morgan fingerprint density at radius 2 is 1.46 bits per heavy atom. The highest BCUT2D eigenvalue weighted by Crippen LogP contribution is 2.32. The SMILES string of the molecule is CCCCCCOC(=O)c1ccc(-c2ccccc2)c(C(C)C(=O)c2ccc(CCCC)cc2)c1. The van der Waals surface area contributed by atoms with E-state index in [1.165, 1.54) is 5.56 Å². The van der Waals surface area contributed by atoms with Crippen molar-refractivity contribution in [2.45, 2.75) is 71.6 Å². The first kappa shape index (κ1) is 26.4. The Kier molecular flexibility index (Phi) is 10.3. The summed E-state index contributed by atoms with van der Waals surface area (Å²) < 4.78 is 5.52. The number of ketones is 1. The fraction of sp³-hybridized carbons (Fsp3) is 0.375. The topological polar surface area (TPSA) is 43.4 Å². The van der Waals surface area contributed by atoms with E-state index in [-0.39, 0.29) is 11.8 Å². The minimum absolute atomic E-state index is 0.0503. The summed E-state index contributed by atoms with van der Waals surface area (Å²) >= 11 is 0. The molecule has 0 aromatic heterocycles. The molecule has 184 valence electrons. The number of rotatable bonds is 13. The third-order valence-corrected chi connectivity index (χ3v) is 6.52. The molecule has 1 atom stereocenters. The molecule has 3 aromatic rings. The molecular formula is C32H38O3. The van der Waals surface area contributed by atoms with E-state index in [0.717, 1.165) is 61.6 Å². The standard InChI is InChI=1S/C32H38O3/c1-4-6-8-12-22-35-32(34)28-20-21-29(26-14-10-9-11-15-26)30(23-28)24(3)31(33)27-18-16-25(17-19-27)13-7-5-2/h9-11,14-21,23-24H,4-8,12-13,22H2,1-3H3. The number of hydrogen-bond donors (Lipinski definition) is 0. The number of aryl methyl sites for hydroxylation is 1. The molecule has 0 N–H and O–H groups in total. The molecule has 0 saturated heterocycles. The molecule has 0 bridgehead atoms. The first-order valence-corrected chi connectivity index (χ1v) is 13.0. The Bertz CT molecular complexity index is 1080. The van der Waals surface area contributed by atoms with E-state index in [9.17, 15) is 9.59 Å². The number of Topliss-reactive ketones (excluding diaryl/α,β-unsaturated/α-hetero) is 1. The molecule has 3 heteroatoms. The maximum absolute atomic E-state index is 13.5. The van der Waals surface area contributed by atoms with Crippen LogP contribution in [0.15, 0.2) is 72.8 Å². The van der Waals surface area contributed by atoms with Crippen molar-refractivity contribution in [1.82, 2.24) is 0 Å². The lowest BCUT2D eigenvalue weighted by molar-refractivity contribution is 0.0497. The van der Waals surface area contributed by atoms with Crippen LogP contribution < -0.4 is 0 Å². The van der Waals surface area contributed by atoms with Crippen LogP contribution in [-0.4, -0.2) is 18.4 Å². The second-order valence-electron chi connectivity index (χ2n) is 9.25. The third kappa shape index (κ3) is 7.39. The number of ether oxygens (including phenoxy) is 1. The Balaban J connectivity index is 1.86. The summed E-state index contributed by atoms with van der Waals surface area (Å²) in [6.07, 6.45) is 7.55. The summed E-state index contributed by atoms with van der Waals surface area (Å²) in [5.41, 5.74) is 5.27. The van der Waals surface area contributed by atoms with Gasteiger partial charge in [-0.2, -0.15) is 0 Å². The summed E-state index contributed by atoms with van der Waals surface area (Å²) in [6, 6.07) is 23.6. The second-order valence-corrected chi connectivity index (χ2v) is 9.25. The van der Waals surface area contributed by atoms with E-state index in [2.05, 4.69) is 26.0 Å². The van der Waals surface area contributed by atoms with Gasteiger partial charge in [-0.15, -0.1) is 0 Å². The van der Waals surface area contributed by atoms with Gasteiger partial charge < -0.3 is 4.74 Å². The molecule has 0 fully saturated rings. The van der Waals surface area contributed by atoms with Crippen LogP contribution in [0, 0.1) is 0 Å². The van der Waals surface area contributed by atoms with E-state index in [0.29, 0.717) is 17.7 Å². The van der Waals surface area contributed by atoms with Crippen molar-refractivity contribution in [2.24, 2.45) is 0 Å². The lowest BCUT2D eigenvalue weighted by Gasteiger charge is -2.18. The number of carbonyl (C=O) groups excluding carboxylic acids is 2. The average Bonchev–Trinajstić information content (AvgIpc) is 2.91. The number of benzene rings is 3. The van der Waals surface area contributed by atoms with E-state index < -0.39 is 5.92 Å². The summed E-state index contributed by atoms with van der Waals surface area (Å²) in [7, 11) is 0. The summed E-state index contributed by atoms with van der Waals surface area (Å²) in [4.78, 5) is 26.2. The van der Waals surface area contributed by atoms with Crippen LogP contribution in [0.4, 0.5) is 0 Å².